The fourth-order valence-electron chi connectivity index (χ4n) is 4.92. The Morgan fingerprint density at radius 1 is 1.03 bits per heavy atom. The number of anilines is 1. The van der Waals surface area contributed by atoms with Crippen molar-refractivity contribution in [3.05, 3.63) is 66.0 Å². The molecular formula is C26H30FN5O. The van der Waals surface area contributed by atoms with Gasteiger partial charge in [-0.25, -0.2) is 14.4 Å². The first-order valence-electron chi connectivity index (χ1n) is 11.9. The summed E-state index contributed by atoms with van der Waals surface area (Å²) in [6.45, 7) is 5.37. The molecule has 6 nitrogen and oxygen atoms in total. The van der Waals surface area contributed by atoms with Crippen LogP contribution >= 0.6 is 0 Å². The van der Waals surface area contributed by atoms with Crippen molar-refractivity contribution in [3.63, 3.8) is 0 Å². The van der Waals surface area contributed by atoms with Gasteiger partial charge in [-0.1, -0.05) is 19.1 Å². The molecule has 0 N–H and O–H groups in total. The van der Waals surface area contributed by atoms with Gasteiger partial charge in [0, 0.05) is 36.6 Å². The van der Waals surface area contributed by atoms with E-state index in [0.29, 0.717) is 18.1 Å². The highest BCUT2D eigenvalue weighted by Gasteiger charge is 2.43. The van der Waals surface area contributed by atoms with Gasteiger partial charge in [0.05, 0.1) is 25.6 Å². The van der Waals surface area contributed by atoms with Crippen LogP contribution in [0.3, 0.4) is 0 Å². The van der Waals surface area contributed by atoms with Gasteiger partial charge in [0.15, 0.2) is 0 Å². The summed E-state index contributed by atoms with van der Waals surface area (Å²) < 4.78 is 20.5. The van der Waals surface area contributed by atoms with E-state index in [0.717, 1.165) is 55.0 Å². The smallest absolute Gasteiger partial charge is 0.225 e. The van der Waals surface area contributed by atoms with Crippen molar-refractivity contribution in [1.29, 1.82) is 0 Å². The van der Waals surface area contributed by atoms with E-state index in [1.165, 1.54) is 24.8 Å². The first-order valence-corrected chi connectivity index (χ1v) is 11.9. The van der Waals surface area contributed by atoms with Crippen LogP contribution in [-0.4, -0.2) is 39.9 Å². The molecule has 3 aromatic rings. The number of halogens is 1. The summed E-state index contributed by atoms with van der Waals surface area (Å²) in [5.41, 5.74) is 3.30. The summed E-state index contributed by atoms with van der Waals surface area (Å²) in [6.07, 6.45) is 11.6. The lowest BCUT2D eigenvalue weighted by molar-refractivity contribution is 0.104. The number of nitrogens with zero attached hydrogens (tertiary/aromatic N) is 5. The van der Waals surface area contributed by atoms with E-state index in [4.69, 9.17) is 4.74 Å². The zero-order valence-corrected chi connectivity index (χ0v) is 19.0. The number of ether oxygens (including phenoxy) is 1. The van der Waals surface area contributed by atoms with Crippen molar-refractivity contribution in [2.75, 3.05) is 24.6 Å². The van der Waals surface area contributed by atoms with Gasteiger partial charge in [0.1, 0.15) is 5.82 Å². The molecule has 2 atom stereocenters. The van der Waals surface area contributed by atoms with Crippen LogP contribution in [0.15, 0.2) is 49.1 Å². The minimum Gasteiger partial charge on any atom is -0.376 e. The molecule has 1 aliphatic carbocycles. The molecule has 33 heavy (non-hydrogen) atoms. The van der Waals surface area contributed by atoms with Gasteiger partial charge < -0.3 is 9.64 Å². The van der Waals surface area contributed by atoms with Gasteiger partial charge in [-0.3, -0.25) is 0 Å². The molecular weight excluding hydrogens is 417 g/mol. The predicted molar refractivity (Wildman–Crippen MR) is 125 cm³/mol. The third-order valence-electron chi connectivity index (χ3n) is 7.03. The van der Waals surface area contributed by atoms with Crippen LogP contribution < -0.4 is 4.90 Å². The van der Waals surface area contributed by atoms with Gasteiger partial charge >= 0.3 is 0 Å². The molecule has 1 aromatic carbocycles. The maximum Gasteiger partial charge on any atom is 0.225 e. The Morgan fingerprint density at radius 3 is 2.55 bits per heavy atom. The molecule has 0 spiro atoms. The number of aryl methyl sites for hydroxylation is 1. The van der Waals surface area contributed by atoms with Gasteiger partial charge in [-0.15, -0.1) is 0 Å². The maximum atomic E-state index is 14.5. The topological polar surface area (TPSA) is 64.0 Å². The number of aromatic nitrogens is 4. The van der Waals surface area contributed by atoms with Gasteiger partial charge in [0.25, 0.3) is 0 Å². The summed E-state index contributed by atoms with van der Waals surface area (Å²) in [7, 11) is 0. The van der Waals surface area contributed by atoms with Crippen molar-refractivity contribution in [2.24, 2.45) is 17.8 Å². The van der Waals surface area contributed by atoms with Crippen molar-refractivity contribution in [3.8, 4) is 11.1 Å². The first kappa shape index (κ1) is 21.9. The molecule has 1 saturated carbocycles. The fourth-order valence-corrected chi connectivity index (χ4v) is 4.92. The van der Waals surface area contributed by atoms with Crippen molar-refractivity contribution in [1.82, 2.24) is 20.2 Å². The summed E-state index contributed by atoms with van der Waals surface area (Å²) in [6, 6.07) is 7.03. The van der Waals surface area contributed by atoms with Gasteiger partial charge in [-0.05, 0) is 66.7 Å². The highest BCUT2D eigenvalue weighted by atomic mass is 19.1. The molecule has 0 unspecified atom stereocenters. The van der Waals surface area contributed by atoms with Crippen molar-refractivity contribution in [2.45, 2.75) is 39.2 Å². The third kappa shape index (κ3) is 5.19. The largest absolute Gasteiger partial charge is 0.376 e. The average molecular weight is 448 g/mol. The maximum absolute atomic E-state index is 14.5. The second kappa shape index (κ2) is 9.91. The number of piperidine rings is 1. The monoisotopic (exact) mass is 447 g/mol. The van der Waals surface area contributed by atoms with Crippen LogP contribution in [0.5, 0.6) is 0 Å². The first-order chi connectivity index (χ1) is 16.2. The number of hydrogen-bond donors (Lipinski definition) is 0. The molecule has 2 fully saturated rings. The van der Waals surface area contributed by atoms with E-state index in [9.17, 15) is 4.39 Å². The minimum atomic E-state index is -0.256. The van der Waals surface area contributed by atoms with Crippen LogP contribution in [0.25, 0.3) is 11.1 Å². The Morgan fingerprint density at radius 2 is 1.85 bits per heavy atom. The minimum absolute atomic E-state index is 0.256. The molecule has 1 aliphatic heterocycles. The zero-order valence-electron chi connectivity index (χ0n) is 19.0. The molecule has 7 heteroatoms. The van der Waals surface area contributed by atoms with E-state index < -0.39 is 0 Å². The molecule has 5 rings (SSSR count). The van der Waals surface area contributed by atoms with Gasteiger partial charge in [0.2, 0.25) is 5.95 Å². The Hall–Kier alpha value is -2.93. The summed E-state index contributed by atoms with van der Waals surface area (Å²) in [5.74, 6) is 2.76. The lowest BCUT2D eigenvalue weighted by Gasteiger charge is -2.32. The number of rotatable bonds is 8. The van der Waals surface area contributed by atoms with E-state index in [1.54, 1.807) is 30.6 Å². The molecule has 0 amide bonds. The number of benzene rings is 1. The van der Waals surface area contributed by atoms with Gasteiger partial charge in [-0.2, -0.15) is 10.2 Å². The van der Waals surface area contributed by atoms with Crippen molar-refractivity contribution < 1.29 is 9.13 Å². The average Bonchev–Trinajstić information content (AvgIpc) is 3.64. The van der Waals surface area contributed by atoms with Crippen LogP contribution in [0.4, 0.5) is 10.3 Å². The predicted octanol–water partition coefficient (Wildman–Crippen LogP) is 4.70. The van der Waals surface area contributed by atoms with E-state index in [2.05, 4.69) is 32.0 Å². The van der Waals surface area contributed by atoms with Crippen LogP contribution in [-0.2, 0) is 17.8 Å². The summed E-state index contributed by atoms with van der Waals surface area (Å²) in [5, 5.41) is 7.57. The van der Waals surface area contributed by atoms with E-state index >= 15 is 0 Å². The number of hydrogen-bond acceptors (Lipinski definition) is 6. The SMILES string of the molecule is CCc1cnc(N2CCC([C@H]3C[C@H]3COCc3ccc(-c4ccnnc4)c(F)c3)CC2)nc1. The van der Waals surface area contributed by atoms with Crippen LogP contribution in [0.2, 0.25) is 0 Å². The molecule has 1 saturated heterocycles. The second-order valence-corrected chi connectivity index (χ2v) is 9.19. The molecule has 172 valence electrons. The molecule has 0 radical (unpaired) electrons. The third-order valence-corrected chi connectivity index (χ3v) is 7.03. The van der Waals surface area contributed by atoms with E-state index in [1.807, 2.05) is 18.5 Å². The van der Waals surface area contributed by atoms with Crippen LogP contribution in [0, 0.1) is 23.6 Å². The second-order valence-electron chi connectivity index (χ2n) is 9.19. The normalized spacial score (nSPS) is 20.7. The lowest BCUT2D eigenvalue weighted by Crippen LogP contribution is -2.35. The molecule has 0 bridgehead atoms. The Bertz CT molecular complexity index is 1050. The zero-order chi connectivity index (χ0) is 22.6. The molecule has 2 aromatic heterocycles. The lowest BCUT2D eigenvalue weighted by atomic mass is 9.91. The molecule has 3 heterocycles. The van der Waals surface area contributed by atoms with Crippen molar-refractivity contribution >= 4 is 5.95 Å². The quantitative estimate of drug-likeness (QED) is 0.499. The Kier molecular flexibility index (Phi) is 6.58. The highest BCUT2D eigenvalue weighted by Crippen LogP contribution is 2.48. The summed E-state index contributed by atoms with van der Waals surface area (Å²) >= 11 is 0. The summed E-state index contributed by atoms with van der Waals surface area (Å²) in [4.78, 5) is 11.4. The van der Waals surface area contributed by atoms with E-state index in [-0.39, 0.29) is 5.82 Å². The highest BCUT2D eigenvalue weighted by molar-refractivity contribution is 5.63. The van der Waals surface area contributed by atoms with Crippen LogP contribution in [0.1, 0.15) is 37.3 Å². The fraction of sp³-hybridized carbons (Fsp3) is 0.462. The standard InChI is InChI=1S/C26H30FN5O/c1-2-18-13-28-26(29-14-18)32-9-6-20(7-10-32)24-12-22(24)17-33-16-19-3-4-23(25(27)11-19)21-5-8-30-31-15-21/h3-5,8,11,13-15,20,22,24H,2,6-7,9-10,12,16-17H2,1H3/t22-,24+/m0/s1. The molecule has 2 aliphatic rings. The Balaban J connectivity index is 1.05. The Labute approximate surface area is 194 Å².